The van der Waals surface area contributed by atoms with E-state index in [0.717, 1.165) is 29.7 Å². The van der Waals surface area contributed by atoms with E-state index in [4.69, 9.17) is 4.98 Å². The van der Waals surface area contributed by atoms with Crippen LogP contribution in [0.25, 0.3) is 10.9 Å². The van der Waals surface area contributed by atoms with Crippen molar-refractivity contribution in [2.45, 2.75) is 38.0 Å². The van der Waals surface area contributed by atoms with E-state index in [1.807, 2.05) is 48.5 Å². The minimum absolute atomic E-state index is 0.0852. The molecule has 1 aromatic heterocycles. The second-order valence-corrected chi connectivity index (χ2v) is 7.98. The molecular weight excluding hydrogens is 437 g/mol. The van der Waals surface area contributed by atoms with Crippen LogP contribution in [0.4, 0.5) is 0 Å². The second kappa shape index (κ2) is 7.70. The molecule has 0 amide bonds. The summed E-state index contributed by atoms with van der Waals surface area (Å²) in [4.78, 5) is 17.9. The summed E-state index contributed by atoms with van der Waals surface area (Å²) in [7, 11) is 0. The number of hydrogen-bond donors (Lipinski definition) is 0. The lowest BCUT2D eigenvalue weighted by Crippen LogP contribution is -2.25. The van der Waals surface area contributed by atoms with Gasteiger partial charge in [0.15, 0.2) is 0 Å². The SMILES string of the molecule is O=c1c2ccccc2nc(C2CCCCC2)n1N=Cc1ccc(I)cc1. The molecule has 0 saturated heterocycles. The van der Waals surface area contributed by atoms with E-state index < -0.39 is 0 Å². The monoisotopic (exact) mass is 457 g/mol. The van der Waals surface area contributed by atoms with Gasteiger partial charge in [-0.3, -0.25) is 4.79 Å². The van der Waals surface area contributed by atoms with Crippen LogP contribution < -0.4 is 5.56 Å². The number of para-hydroxylation sites is 1. The van der Waals surface area contributed by atoms with E-state index in [9.17, 15) is 4.79 Å². The number of hydrogen-bond acceptors (Lipinski definition) is 3. The standard InChI is InChI=1S/C21H20IN3O/c22-17-12-10-15(11-13-17)14-23-25-20(16-6-2-1-3-7-16)24-19-9-5-4-8-18(19)21(25)26/h4-5,8-14,16H,1-3,6-7H2. The molecule has 1 saturated carbocycles. The minimum atomic E-state index is -0.0852. The van der Waals surface area contributed by atoms with Crippen molar-refractivity contribution in [1.82, 2.24) is 9.66 Å². The molecule has 0 atom stereocenters. The van der Waals surface area contributed by atoms with Gasteiger partial charge in [0.25, 0.3) is 5.56 Å². The highest BCUT2D eigenvalue weighted by Crippen LogP contribution is 2.31. The van der Waals surface area contributed by atoms with Crippen LogP contribution >= 0.6 is 22.6 Å². The third kappa shape index (κ3) is 3.58. The predicted octanol–water partition coefficient (Wildman–Crippen LogP) is 4.93. The lowest BCUT2D eigenvalue weighted by Gasteiger charge is -2.22. The van der Waals surface area contributed by atoms with Gasteiger partial charge < -0.3 is 0 Å². The average Bonchev–Trinajstić information content (AvgIpc) is 2.69. The van der Waals surface area contributed by atoms with Gasteiger partial charge in [0.05, 0.1) is 17.1 Å². The third-order valence-corrected chi connectivity index (χ3v) is 5.66. The maximum atomic E-state index is 13.1. The van der Waals surface area contributed by atoms with Crippen molar-refractivity contribution in [3.63, 3.8) is 0 Å². The van der Waals surface area contributed by atoms with Crippen LogP contribution in [-0.2, 0) is 0 Å². The highest BCUT2D eigenvalue weighted by atomic mass is 127. The van der Waals surface area contributed by atoms with Gasteiger partial charge in [-0.15, -0.1) is 0 Å². The normalized spacial score (nSPS) is 15.7. The van der Waals surface area contributed by atoms with Crippen LogP contribution in [-0.4, -0.2) is 15.9 Å². The van der Waals surface area contributed by atoms with Crippen LogP contribution in [0.1, 0.15) is 49.4 Å². The van der Waals surface area contributed by atoms with Gasteiger partial charge in [0.1, 0.15) is 5.82 Å². The summed E-state index contributed by atoms with van der Waals surface area (Å²) in [5, 5.41) is 5.16. The summed E-state index contributed by atoms with van der Waals surface area (Å²) < 4.78 is 2.70. The van der Waals surface area contributed by atoms with E-state index in [-0.39, 0.29) is 5.56 Å². The Labute approximate surface area is 166 Å². The number of nitrogens with zero attached hydrogens (tertiary/aromatic N) is 3. The summed E-state index contributed by atoms with van der Waals surface area (Å²) in [6.45, 7) is 0. The molecule has 0 radical (unpaired) electrons. The summed E-state index contributed by atoms with van der Waals surface area (Å²) in [5.74, 6) is 1.10. The number of aromatic nitrogens is 2. The Morgan fingerprint density at radius 3 is 2.54 bits per heavy atom. The zero-order chi connectivity index (χ0) is 17.9. The minimum Gasteiger partial charge on any atom is -0.267 e. The van der Waals surface area contributed by atoms with Crippen molar-refractivity contribution in [1.29, 1.82) is 0 Å². The van der Waals surface area contributed by atoms with Crippen LogP contribution in [0.2, 0.25) is 0 Å². The first-order valence-electron chi connectivity index (χ1n) is 9.04. The number of fused-ring (bicyclic) bond motifs is 1. The quantitative estimate of drug-likeness (QED) is 0.414. The fraction of sp³-hybridized carbons (Fsp3) is 0.286. The number of benzene rings is 2. The molecule has 3 aromatic rings. The Balaban J connectivity index is 1.83. The van der Waals surface area contributed by atoms with E-state index >= 15 is 0 Å². The van der Waals surface area contributed by atoms with Gasteiger partial charge in [0.2, 0.25) is 0 Å². The number of halogens is 1. The fourth-order valence-corrected chi connectivity index (χ4v) is 3.91. The molecule has 4 nitrogen and oxygen atoms in total. The molecule has 0 unspecified atom stereocenters. The molecular formula is C21H20IN3O. The van der Waals surface area contributed by atoms with E-state index in [1.54, 1.807) is 6.21 Å². The summed E-state index contributed by atoms with van der Waals surface area (Å²) in [6, 6.07) is 15.6. The van der Waals surface area contributed by atoms with Crippen molar-refractivity contribution < 1.29 is 0 Å². The van der Waals surface area contributed by atoms with E-state index in [0.29, 0.717) is 11.3 Å². The average molecular weight is 457 g/mol. The molecule has 5 heteroatoms. The highest BCUT2D eigenvalue weighted by Gasteiger charge is 2.22. The molecule has 1 aliphatic rings. The van der Waals surface area contributed by atoms with Gasteiger partial charge in [-0.2, -0.15) is 9.78 Å². The van der Waals surface area contributed by atoms with Crippen LogP contribution in [0, 0.1) is 3.57 Å². The van der Waals surface area contributed by atoms with E-state index in [2.05, 4.69) is 27.7 Å². The van der Waals surface area contributed by atoms with Crippen molar-refractivity contribution >= 4 is 39.7 Å². The summed E-state index contributed by atoms with van der Waals surface area (Å²) in [6.07, 6.45) is 7.54. The van der Waals surface area contributed by atoms with E-state index in [1.165, 1.54) is 27.5 Å². The smallest absolute Gasteiger partial charge is 0.267 e. The van der Waals surface area contributed by atoms with Crippen molar-refractivity contribution in [2.24, 2.45) is 5.10 Å². The topological polar surface area (TPSA) is 47.2 Å². The predicted molar refractivity (Wildman–Crippen MR) is 114 cm³/mol. The fourth-order valence-electron chi connectivity index (χ4n) is 3.55. The zero-order valence-corrected chi connectivity index (χ0v) is 16.6. The van der Waals surface area contributed by atoms with Gasteiger partial charge >= 0.3 is 0 Å². The third-order valence-electron chi connectivity index (χ3n) is 4.94. The lowest BCUT2D eigenvalue weighted by molar-refractivity contribution is 0.416. The first-order valence-corrected chi connectivity index (χ1v) is 10.1. The molecule has 2 aromatic carbocycles. The Hall–Kier alpha value is -2.02. The van der Waals surface area contributed by atoms with Crippen molar-refractivity contribution in [3.8, 4) is 0 Å². The maximum Gasteiger partial charge on any atom is 0.282 e. The van der Waals surface area contributed by atoms with Gasteiger partial charge in [0, 0.05) is 9.49 Å². The first kappa shape index (κ1) is 17.4. The molecule has 0 aliphatic heterocycles. The molecule has 1 aliphatic carbocycles. The molecule has 1 fully saturated rings. The van der Waals surface area contributed by atoms with Gasteiger partial charge in [-0.05, 0) is 65.3 Å². The molecule has 0 bridgehead atoms. The van der Waals surface area contributed by atoms with Gasteiger partial charge in [-0.25, -0.2) is 4.98 Å². The molecule has 132 valence electrons. The first-order chi connectivity index (χ1) is 12.7. The second-order valence-electron chi connectivity index (χ2n) is 6.74. The van der Waals surface area contributed by atoms with Gasteiger partial charge in [-0.1, -0.05) is 43.5 Å². The Morgan fingerprint density at radius 2 is 1.77 bits per heavy atom. The maximum absolute atomic E-state index is 13.1. The number of rotatable bonds is 3. The Morgan fingerprint density at radius 1 is 1.04 bits per heavy atom. The summed E-state index contributed by atoms with van der Waals surface area (Å²) >= 11 is 2.28. The lowest BCUT2D eigenvalue weighted by atomic mass is 9.88. The van der Waals surface area contributed by atoms with Crippen LogP contribution in [0.5, 0.6) is 0 Å². The Bertz CT molecular complexity index is 1000. The molecule has 4 rings (SSSR count). The summed E-state index contributed by atoms with van der Waals surface area (Å²) in [5.41, 5.74) is 1.65. The largest absolute Gasteiger partial charge is 0.282 e. The highest BCUT2D eigenvalue weighted by molar-refractivity contribution is 14.1. The van der Waals surface area contributed by atoms with Crippen LogP contribution in [0.15, 0.2) is 58.4 Å². The molecule has 1 heterocycles. The van der Waals surface area contributed by atoms with Crippen LogP contribution in [0.3, 0.4) is 0 Å². The van der Waals surface area contributed by atoms with Crippen molar-refractivity contribution in [3.05, 3.63) is 73.8 Å². The van der Waals surface area contributed by atoms with Crippen molar-refractivity contribution in [2.75, 3.05) is 0 Å². The molecule has 0 spiro atoms. The molecule has 26 heavy (non-hydrogen) atoms. The molecule has 0 N–H and O–H groups in total. The Kier molecular flexibility index (Phi) is 5.15. The zero-order valence-electron chi connectivity index (χ0n) is 14.4.